The van der Waals surface area contributed by atoms with Gasteiger partial charge < -0.3 is 19.9 Å². The molecule has 7 nitrogen and oxygen atoms in total. The maximum Gasteiger partial charge on any atom is 0.273 e. The van der Waals surface area contributed by atoms with Gasteiger partial charge in [0.2, 0.25) is 0 Å². The lowest BCUT2D eigenvalue weighted by molar-refractivity contribution is 0.0302. The highest BCUT2D eigenvalue weighted by molar-refractivity contribution is 6.04. The van der Waals surface area contributed by atoms with Crippen LogP contribution in [0.3, 0.4) is 0 Å². The van der Waals surface area contributed by atoms with Crippen molar-refractivity contribution >= 4 is 17.5 Å². The van der Waals surface area contributed by atoms with E-state index in [-0.39, 0.29) is 11.8 Å². The van der Waals surface area contributed by atoms with Crippen molar-refractivity contribution in [3.05, 3.63) is 47.5 Å². The van der Waals surface area contributed by atoms with E-state index in [4.69, 9.17) is 4.74 Å². The first-order valence-electron chi connectivity index (χ1n) is 7.42. The molecule has 1 aliphatic rings. The van der Waals surface area contributed by atoms with Gasteiger partial charge in [0.1, 0.15) is 5.69 Å². The molecule has 23 heavy (non-hydrogen) atoms. The topological polar surface area (TPSA) is 87.3 Å². The first kappa shape index (κ1) is 15.2. The third-order valence-electron chi connectivity index (χ3n) is 3.77. The fraction of sp³-hybridized carbons (Fsp3) is 0.312. The van der Waals surface area contributed by atoms with Crippen molar-refractivity contribution in [3.8, 4) is 0 Å². The molecule has 2 aromatic rings. The number of hydrogen-bond acceptors (Lipinski definition) is 4. The predicted molar refractivity (Wildman–Crippen MR) is 84.4 cm³/mol. The minimum absolute atomic E-state index is 0.0385. The van der Waals surface area contributed by atoms with E-state index in [0.717, 1.165) is 5.56 Å². The number of ether oxygens (including phenoxy) is 1. The average molecular weight is 314 g/mol. The Bertz CT molecular complexity index is 706. The number of aromatic nitrogens is 2. The summed E-state index contributed by atoms with van der Waals surface area (Å²) >= 11 is 0. The number of hydrogen-bond donors (Lipinski definition) is 2. The number of morpholine rings is 1. The zero-order chi connectivity index (χ0) is 16.2. The van der Waals surface area contributed by atoms with Gasteiger partial charge in [-0.2, -0.15) is 0 Å². The molecular formula is C16H18N4O3. The van der Waals surface area contributed by atoms with E-state index >= 15 is 0 Å². The molecule has 0 aliphatic carbocycles. The molecule has 2 amide bonds. The van der Waals surface area contributed by atoms with Gasteiger partial charge in [0, 0.05) is 24.3 Å². The standard InChI is InChI=1S/C16H18N4O3/c1-11-2-3-12(19-15(21)14-9-17-10-18-14)8-13(11)16(22)20-4-6-23-7-5-20/h2-3,8-10H,4-7H2,1H3,(H,17,18)(H,19,21). The Kier molecular flexibility index (Phi) is 4.38. The predicted octanol–water partition coefficient (Wildman–Crippen LogP) is 1.44. The summed E-state index contributed by atoms with van der Waals surface area (Å²) in [6, 6.07) is 5.32. The van der Waals surface area contributed by atoms with Crippen molar-refractivity contribution in [2.24, 2.45) is 0 Å². The van der Waals surface area contributed by atoms with Crippen LogP contribution in [0.25, 0.3) is 0 Å². The Morgan fingerprint density at radius 2 is 2.09 bits per heavy atom. The quantitative estimate of drug-likeness (QED) is 0.897. The molecule has 120 valence electrons. The van der Waals surface area contributed by atoms with E-state index < -0.39 is 0 Å². The third-order valence-corrected chi connectivity index (χ3v) is 3.77. The summed E-state index contributed by atoms with van der Waals surface area (Å²) in [4.78, 5) is 33.0. The van der Waals surface area contributed by atoms with Gasteiger partial charge >= 0.3 is 0 Å². The summed E-state index contributed by atoms with van der Waals surface area (Å²) in [6.45, 7) is 4.17. The number of benzene rings is 1. The summed E-state index contributed by atoms with van der Waals surface area (Å²) in [5.74, 6) is -0.334. The van der Waals surface area contributed by atoms with Crippen LogP contribution in [0, 0.1) is 6.92 Å². The summed E-state index contributed by atoms with van der Waals surface area (Å²) < 4.78 is 5.27. The fourth-order valence-corrected chi connectivity index (χ4v) is 2.45. The van der Waals surface area contributed by atoms with Crippen LogP contribution < -0.4 is 5.32 Å². The van der Waals surface area contributed by atoms with Crippen molar-refractivity contribution in [2.75, 3.05) is 31.6 Å². The number of nitrogens with one attached hydrogen (secondary N) is 2. The summed E-state index contributed by atoms with van der Waals surface area (Å²) in [7, 11) is 0. The molecule has 1 aromatic carbocycles. The normalized spacial score (nSPS) is 14.6. The number of anilines is 1. The first-order chi connectivity index (χ1) is 11.1. The second-order valence-corrected chi connectivity index (χ2v) is 5.35. The molecule has 1 aliphatic heterocycles. The van der Waals surface area contributed by atoms with Gasteiger partial charge in [-0.3, -0.25) is 9.59 Å². The number of carbonyl (C=O) groups is 2. The van der Waals surface area contributed by atoms with E-state index in [1.807, 2.05) is 13.0 Å². The monoisotopic (exact) mass is 314 g/mol. The molecule has 3 rings (SSSR count). The van der Waals surface area contributed by atoms with Gasteiger partial charge in [-0.05, 0) is 24.6 Å². The minimum Gasteiger partial charge on any atom is -0.378 e. The highest BCUT2D eigenvalue weighted by atomic mass is 16.5. The van der Waals surface area contributed by atoms with Crippen LogP contribution in [-0.4, -0.2) is 53.0 Å². The van der Waals surface area contributed by atoms with E-state index in [2.05, 4.69) is 15.3 Å². The van der Waals surface area contributed by atoms with Crippen molar-refractivity contribution < 1.29 is 14.3 Å². The number of aromatic amines is 1. The van der Waals surface area contributed by atoms with Crippen molar-refractivity contribution in [1.29, 1.82) is 0 Å². The van der Waals surface area contributed by atoms with Crippen LogP contribution in [0.15, 0.2) is 30.7 Å². The number of imidazole rings is 1. The summed E-state index contributed by atoms with van der Waals surface area (Å²) in [6.07, 6.45) is 2.89. The zero-order valence-corrected chi connectivity index (χ0v) is 12.8. The number of H-pyrrole nitrogens is 1. The van der Waals surface area contributed by atoms with Crippen molar-refractivity contribution in [1.82, 2.24) is 14.9 Å². The van der Waals surface area contributed by atoms with E-state index in [0.29, 0.717) is 43.2 Å². The lowest BCUT2D eigenvalue weighted by atomic mass is 10.1. The molecule has 0 bridgehead atoms. The molecule has 0 spiro atoms. The Morgan fingerprint density at radius 3 is 2.78 bits per heavy atom. The van der Waals surface area contributed by atoms with Crippen LogP contribution in [0.4, 0.5) is 5.69 Å². The Labute approximate surface area is 133 Å². The Hall–Kier alpha value is -2.67. The molecular weight excluding hydrogens is 296 g/mol. The molecule has 2 heterocycles. The van der Waals surface area contributed by atoms with Crippen molar-refractivity contribution in [2.45, 2.75) is 6.92 Å². The van der Waals surface area contributed by atoms with E-state index in [1.165, 1.54) is 12.5 Å². The van der Waals surface area contributed by atoms with Crippen LogP contribution in [0.2, 0.25) is 0 Å². The van der Waals surface area contributed by atoms with Crippen LogP contribution in [0.1, 0.15) is 26.4 Å². The number of nitrogens with zero attached hydrogens (tertiary/aromatic N) is 2. The molecule has 0 atom stereocenters. The number of amides is 2. The second kappa shape index (κ2) is 6.62. The average Bonchev–Trinajstić information content (AvgIpc) is 3.11. The maximum absolute atomic E-state index is 12.6. The van der Waals surface area contributed by atoms with E-state index in [1.54, 1.807) is 17.0 Å². The van der Waals surface area contributed by atoms with Crippen LogP contribution in [0.5, 0.6) is 0 Å². The maximum atomic E-state index is 12.6. The lowest BCUT2D eigenvalue weighted by Crippen LogP contribution is -2.41. The second-order valence-electron chi connectivity index (χ2n) is 5.35. The SMILES string of the molecule is Cc1ccc(NC(=O)c2cnc[nH]2)cc1C(=O)N1CCOCC1. The van der Waals surface area contributed by atoms with Gasteiger partial charge in [0.15, 0.2) is 0 Å². The molecule has 0 saturated carbocycles. The molecule has 7 heteroatoms. The molecule has 1 saturated heterocycles. The highest BCUT2D eigenvalue weighted by Gasteiger charge is 2.20. The number of aryl methyl sites for hydroxylation is 1. The lowest BCUT2D eigenvalue weighted by Gasteiger charge is -2.27. The molecule has 1 aromatic heterocycles. The fourth-order valence-electron chi connectivity index (χ4n) is 2.45. The highest BCUT2D eigenvalue weighted by Crippen LogP contribution is 2.18. The number of carbonyl (C=O) groups excluding carboxylic acids is 2. The molecule has 0 radical (unpaired) electrons. The van der Waals surface area contributed by atoms with Gasteiger partial charge in [-0.25, -0.2) is 4.98 Å². The van der Waals surface area contributed by atoms with Crippen LogP contribution in [-0.2, 0) is 4.74 Å². The summed E-state index contributed by atoms with van der Waals surface area (Å²) in [5.41, 5.74) is 2.41. The van der Waals surface area contributed by atoms with Crippen molar-refractivity contribution in [3.63, 3.8) is 0 Å². The third kappa shape index (κ3) is 3.40. The van der Waals surface area contributed by atoms with E-state index in [9.17, 15) is 9.59 Å². The zero-order valence-electron chi connectivity index (χ0n) is 12.8. The minimum atomic E-state index is -0.295. The molecule has 2 N–H and O–H groups in total. The van der Waals surface area contributed by atoms with Gasteiger partial charge in [-0.15, -0.1) is 0 Å². The van der Waals surface area contributed by atoms with Gasteiger partial charge in [0.05, 0.1) is 25.7 Å². The molecule has 0 unspecified atom stereocenters. The first-order valence-corrected chi connectivity index (χ1v) is 7.42. The summed E-state index contributed by atoms with van der Waals surface area (Å²) in [5, 5.41) is 2.76. The molecule has 1 fully saturated rings. The largest absolute Gasteiger partial charge is 0.378 e. The Morgan fingerprint density at radius 1 is 1.30 bits per heavy atom. The van der Waals surface area contributed by atoms with Crippen LogP contribution >= 0.6 is 0 Å². The smallest absolute Gasteiger partial charge is 0.273 e. The Balaban J connectivity index is 1.78. The number of rotatable bonds is 3. The van der Waals surface area contributed by atoms with Gasteiger partial charge in [-0.1, -0.05) is 6.07 Å². The van der Waals surface area contributed by atoms with Gasteiger partial charge in [0.25, 0.3) is 11.8 Å².